The van der Waals surface area contributed by atoms with Crippen LogP contribution in [0.4, 0.5) is 21.5 Å². The number of aromatic nitrogens is 1. The summed E-state index contributed by atoms with van der Waals surface area (Å²) in [5, 5.41) is 9.30. The first-order valence-electron chi connectivity index (χ1n) is 8.91. The van der Waals surface area contributed by atoms with E-state index in [4.69, 9.17) is 4.74 Å². The van der Waals surface area contributed by atoms with E-state index < -0.39 is 0 Å². The molecule has 0 radical (unpaired) electrons. The number of methoxy groups -OCH3 is 1. The summed E-state index contributed by atoms with van der Waals surface area (Å²) in [6.07, 6.45) is 1.57. The highest BCUT2D eigenvalue weighted by atomic mass is 19.1. The molecule has 0 atom stereocenters. The van der Waals surface area contributed by atoms with E-state index in [1.807, 2.05) is 11.8 Å². The van der Waals surface area contributed by atoms with Crippen LogP contribution < -0.4 is 14.5 Å². The van der Waals surface area contributed by atoms with Gasteiger partial charge in [-0.3, -0.25) is 9.69 Å². The van der Waals surface area contributed by atoms with E-state index >= 15 is 0 Å². The molecule has 1 amide bonds. The zero-order chi connectivity index (χ0) is 20.5. The zero-order valence-electron chi connectivity index (χ0n) is 15.9. The van der Waals surface area contributed by atoms with Crippen molar-refractivity contribution >= 4 is 23.0 Å². The van der Waals surface area contributed by atoms with E-state index in [1.165, 1.54) is 19.2 Å². The van der Waals surface area contributed by atoms with Crippen molar-refractivity contribution in [3.05, 3.63) is 77.2 Å². The van der Waals surface area contributed by atoms with E-state index in [-0.39, 0.29) is 18.4 Å². The average Bonchev–Trinajstić information content (AvgIpc) is 2.74. The molecular weight excluding hydrogens is 371 g/mol. The highest BCUT2D eigenvalue weighted by Crippen LogP contribution is 2.37. The summed E-state index contributed by atoms with van der Waals surface area (Å²) in [5.74, 6) is -0.0856. The number of carbonyl (C=O) groups excluding carboxylic acids is 1. The van der Waals surface area contributed by atoms with Crippen molar-refractivity contribution in [3.63, 3.8) is 0 Å². The maximum absolute atomic E-state index is 13.7. The van der Waals surface area contributed by atoms with Crippen molar-refractivity contribution in [2.75, 3.05) is 23.6 Å². The van der Waals surface area contributed by atoms with Crippen LogP contribution in [0, 0.1) is 24.1 Å². The Kier molecular flexibility index (Phi) is 4.61. The minimum absolute atomic E-state index is 0.196. The molecule has 6 nitrogen and oxygen atoms in total. The van der Waals surface area contributed by atoms with Gasteiger partial charge in [-0.15, -0.1) is 0 Å². The van der Waals surface area contributed by atoms with E-state index in [1.54, 1.807) is 47.5 Å². The maximum atomic E-state index is 13.7. The molecule has 29 heavy (non-hydrogen) atoms. The summed E-state index contributed by atoms with van der Waals surface area (Å²) >= 11 is 0. The van der Waals surface area contributed by atoms with Gasteiger partial charge < -0.3 is 9.64 Å². The predicted molar refractivity (Wildman–Crippen MR) is 107 cm³/mol. The van der Waals surface area contributed by atoms with Crippen LogP contribution in [0.5, 0.6) is 5.88 Å². The van der Waals surface area contributed by atoms with Gasteiger partial charge >= 0.3 is 0 Å². The molecule has 0 fully saturated rings. The number of halogens is 1. The number of amides is 1. The SMILES string of the molecule is COc1ccc(N2CN(c3ccc(F)cc3C)c3cc(C#N)ccc3C2=O)cn1. The Balaban J connectivity index is 1.86. The van der Waals surface area contributed by atoms with Crippen LogP contribution in [0.1, 0.15) is 21.5 Å². The molecule has 0 aliphatic carbocycles. The molecule has 4 rings (SSSR count). The molecule has 1 aliphatic heterocycles. The summed E-state index contributed by atoms with van der Waals surface area (Å²) in [5.41, 5.74) is 3.59. The monoisotopic (exact) mass is 388 g/mol. The number of carbonyl (C=O) groups is 1. The smallest absolute Gasteiger partial charge is 0.261 e. The number of nitrogens with zero attached hydrogens (tertiary/aromatic N) is 4. The Hall–Kier alpha value is -3.92. The van der Waals surface area contributed by atoms with Crippen molar-refractivity contribution in [2.45, 2.75) is 6.92 Å². The first-order valence-corrected chi connectivity index (χ1v) is 8.91. The molecule has 3 aromatic rings. The van der Waals surface area contributed by atoms with Gasteiger partial charge in [-0.05, 0) is 55.0 Å². The number of benzene rings is 2. The average molecular weight is 388 g/mol. The number of aryl methyl sites for hydroxylation is 1. The van der Waals surface area contributed by atoms with Gasteiger partial charge in [0.2, 0.25) is 5.88 Å². The van der Waals surface area contributed by atoms with Crippen LogP contribution in [0.2, 0.25) is 0 Å². The normalized spacial score (nSPS) is 13.1. The zero-order valence-corrected chi connectivity index (χ0v) is 15.9. The molecule has 0 spiro atoms. The molecule has 144 valence electrons. The summed E-state index contributed by atoms with van der Waals surface area (Å²) in [6, 6.07) is 15.0. The molecule has 0 saturated carbocycles. The Bertz CT molecular complexity index is 1140. The second-order valence-corrected chi connectivity index (χ2v) is 6.64. The predicted octanol–water partition coefficient (Wildman–Crippen LogP) is 4.17. The van der Waals surface area contributed by atoms with Crippen molar-refractivity contribution < 1.29 is 13.9 Å². The van der Waals surface area contributed by atoms with Gasteiger partial charge in [0.25, 0.3) is 5.91 Å². The molecule has 0 saturated heterocycles. The van der Waals surface area contributed by atoms with Crippen molar-refractivity contribution in [1.29, 1.82) is 5.26 Å². The molecule has 2 aromatic carbocycles. The molecule has 0 N–H and O–H groups in total. The number of hydrogen-bond donors (Lipinski definition) is 0. The fourth-order valence-corrected chi connectivity index (χ4v) is 3.41. The fourth-order valence-electron chi connectivity index (χ4n) is 3.41. The van der Waals surface area contributed by atoms with Crippen LogP contribution >= 0.6 is 0 Å². The van der Waals surface area contributed by atoms with Gasteiger partial charge in [-0.2, -0.15) is 5.26 Å². The molecule has 1 aliphatic rings. The molecule has 7 heteroatoms. The topological polar surface area (TPSA) is 69.5 Å². The van der Waals surface area contributed by atoms with E-state index in [0.29, 0.717) is 28.4 Å². The number of hydrogen-bond acceptors (Lipinski definition) is 5. The number of nitriles is 1. The van der Waals surface area contributed by atoms with Crippen LogP contribution in [0.15, 0.2) is 54.7 Å². The van der Waals surface area contributed by atoms with Gasteiger partial charge in [0.05, 0.1) is 41.9 Å². The van der Waals surface area contributed by atoms with Crippen LogP contribution in [0.25, 0.3) is 0 Å². The number of rotatable bonds is 3. The summed E-state index contributed by atoms with van der Waals surface area (Å²) in [6.45, 7) is 2.00. The van der Waals surface area contributed by atoms with Crippen molar-refractivity contribution in [3.8, 4) is 11.9 Å². The lowest BCUT2D eigenvalue weighted by Gasteiger charge is -2.38. The number of fused-ring (bicyclic) bond motifs is 1. The second-order valence-electron chi connectivity index (χ2n) is 6.64. The van der Waals surface area contributed by atoms with Crippen LogP contribution in [-0.2, 0) is 0 Å². The minimum atomic E-state index is -0.332. The largest absolute Gasteiger partial charge is 0.481 e. The molecule has 0 unspecified atom stereocenters. The summed E-state index contributed by atoms with van der Waals surface area (Å²) < 4.78 is 18.7. The first kappa shape index (κ1) is 18.4. The van der Waals surface area contributed by atoms with Crippen molar-refractivity contribution in [2.24, 2.45) is 0 Å². The Morgan fingerprint density at radius 1 is 1.10 bits per heavy atom. The third kappa shape index (κ3) is 3.25. The maximum Gasteiger partial charge on any atom is 0.261 e. The number of pyridine rings is 1. The number of anilines is 3. The lowest BCUT2D eigenvalue weighted by molar-refractivity contribution is 0.0983. The highest BCUT2D eigenvalue weighted by molar-refractivity contribution is 6.12. The number of ether oxygens (including phenoxy) is 1. The minimum Gasteiger partial charge on any atom is -0.481 e. The van der Waals surface area contributed by atoms with Crippen LogP contribution in [0.3, 0.4) is 0 Å². The Morgan fingerprint density at radius 3 is 2.59 bits per heavy atom. The Morgan fingerprint density at radius 2 is 1.93 bits per heavy atom. The van der Waals surface area contributed by atoms with Gasteiger partial charge in [0.1, 0.15) is 12.5 Å². The first-order chi connectivity index (χ1) is 14.0. The fraction of sp³-hybridized carbons (Fsp3) is 0.136. The standard InChI is InChI=1S/C22H17FN4O2/c1-14-9-16(23)4-7-19(14)27-13-26(17-5-8-21(29-2)25-12-17)22(28)18-6-3-15(11-24)10-20(18)27/h3-10,12H,13H2,1-2H3. The molecule has 0 bridgehead atoms. The lowest BCUT2D eigenvalue weighted by atomic mass is 10.0. The third-order valence-corrected chi connectivity index (χ3v) is 4.87. The molecule has 2 heterocycles. The van der Waals surface area contributed by atoms with Gasteiger partial charge in [-0.25, -0.2) is 9.37 Å². The molecular formula is C22H17FN4O2. The van der Waals surface area contributed by atoms with Crippen LogP contribution in [-0.4, -0.2) is 24.7 Å². The lowest BCUT2D eigenvalue weighted by Crippen LogP contribution is -2.45. The van der Waals surface area contributed by atoms with E-state index in [0.717, 1.165) is 11.3 Å². The Labute approximate surface area is 167 Å². The second kappa shape index (κ2) is 7.24. The van der Waals surface area contributed by atoms with E-state index in [9.17, 15) is 14.4 Å². The van der Waals surface area contributed by atoms with Crippen molar-refractivity contribution in [1.82, 2.24) is 4.98 Å². The third-order valence-electron chi connectivity index (χ3n) is 4.87. The van der Waals surface area contributed by atoms with Gasteiger partial charge in [0.15, 0.2) is 0 Å². The van der Waals surface area contributed by atoms with E-state index in [2.05, 4.69) is 11.1 Å². The summed E-state index contributed by atoms with van der Waals surface area (Å²) in [4.78, 5) is 20.9. The van der Waals surface area contributed by atoms with Gasteiger partial charge in [-0.1, -0.05) is 0 Å². The highest BCUT2D eigenvalue weighted by Gasteiger charge is 2.32. The summed E-state index contributed by atoms with van der Waals surface area (Å²) in [7, 11) is 1.52. The quantitative estimate of drug-likeness (QED) is 0.674. The molecule has 1 aromatic heterocycles. The van der Waals surface area contributed by atoms with Gasteiger partial charge in [0, 0.05) is 11.8 Å².